The average molecular weight is 401 g/mol. The Hall–Kier alpha value is -1.95. The summed E-state index contributed by atoms with van der Waals surface area (Å²) in [5.74, 6) is 0. The van der Waals surface area contributed by atoms with Crippen molar-refractivity contribution in [3.63, 3.8) is 0 Å². The molecule has 0 aromatic carbocycles. The molecule has 0 fully saturated rings. The van der Waals surface area contributed by atoms with Crippen LogP contribution in [0.25, 0.3) is 0 Å². The van der Waals surface area contributed by atoms with Gasteiger partial charge in [-0.3, -0.25) is 0 Å². The third-order valence-electron chi connectivity index (χ3n) is 0. The summed E-state index contributed by atoms with van der Waals surface area (Å²) in [5.41, 5.74) is 0. The van der Waals surface area contributed by atoms with Crippen LogP contribution < -0.4 is 0 Å². The van der Waals surface area contributed by atoms with Crippen LogP contribution >= 0.6 is 0 Å². The molecule has 0 saturated heterocycles. The van der Waals surface area contributed by atoms with Crippen LogP contribution in [0.15, 0.2) is 0 Å². The molecule has 0 saturated carbocycles. The molecule has 0 aromatic heterocycles. The van der Waals surface area contributed by atoms with E-state index in [1.165, 1.54) is 27.7 Å². The van der Waals surface area contributed by atoms with E-state index in [1.807, 2.05) is 0 Å². The Morgan fingerprint density at radius 3 is 0.478 bits per heavy atom. The van der Waals surface area contributed by atoms with Gasteiger partial charge in [0.2, 0.25) is 0 Å². The molecule has 0 unspecified atom stereocenters. The molecule has 0 heterocycles. The summed E-state index contributed by atoms with van der Waals surface area (Å²) in [6, 6.07) is 7.00. The fourth-order valence-corrected chi connectivity index (χ4v) is 0. The molecule has 0 bridgehead atoms. The van der Waals surface area contributed by atoms with Gasteiger partial charge in [0.1, 0.15) is 0 Å². The maximum Gasteiger partial charge on any atom is 2.00 e. The quantitative estimate of drug-likeness (QED) is 0.434. The smallest absolute Gasteiger partial charge is 0.418 e. The first kappa shape index (κ1) is 42.9. The molecule has 0 spiro atoms. The Morgan fingerprint density at radius 2 is 0.478 bits per heavy atom. The molecule has 4 nitrogen and oxygen atoms in total. The first-order valence-electron chi connectivity index (χ1n) is 4.64. The molecule has 23 heavy (non-hydrogen) atoms. The molecule has 0 rings (SSSR count). The molecule has 0 amide bonds. The van der Waals surface area contributed by atoms with E-state index in [0.717, 1.165) is 0 Å². The van der Waals surface area contributed by atoms with Crippen molar-refractivity contribution >= 4 is 14.5 Å². The second kappa shape index (κ2) is 36.9. The summed E-state index contributed by atoms with van der Waals surface area (Å²) in [4.78, 5) is 0. The number of rotatable bonds is 0. The summed E-state index contributed by atoms with van der Waals surface area (Å²) < 4.78 is 78.0. The molecular formula is C8H12B2CuF8N4. The molecule has 1 radical (unpaired) electrons. The first-order chi connectivity index (χ1) is 9.66. The third kappa shape index (κ3) is 1720. The van der Waals surface area contributed by atoms with Gasteiger partial charge < -0.3 is 34.5 Å². The Bertz CT molecular complexity index is 289. The summed E-state index contributed by atoms with van der Waals surface area (Å²) in [6.45, 7) is 5.72. The Kier molecular flexibility index (Phi) is 68.7. The van der Waals surface area contributed by atoms with Crippen LogP contribution in [-0.2, 0) is 17.1 Å². The fourth-order valence-electron chi connectivity index (χ4n) is 0. The summed E-state index contributed by atoms with van der Waals surface area (Å²) >= 11 is 0. The Morgan fingerprint density at radius 1 is 0.478 bits per heavy atom. The number of halogens is 8. The van der Waals surface area contributed by atoms with E-state index in [0.29, 0.717) is 0 Å². The molecule has 0 atom stereocenters. The maximum atomic E-state index is 9.75. The summed E-state index contributed by atoms with van der Waals surface area (Å²) in [7, 11) is -12.0. The Balaban J connectivity index is -0.0000000270. The van der Waals surface area contributed by atoms with Crippen molar-refractivity contribution in [2.75, 3.05) is 0 Å². The van der Waals surface area contributed by atoms with Crippen molar-refractivity contribution in [1.29, 1.82) is 21.0 Å². The van der Waals surface area contributed by atoms with E-state index in [1.54, 1.807) is 24.3 Å². The van der Waals surface area contributed by atoms with Crippen molar-refractivity contribution < 1.29 is 51.6 Å². The normalized spacial score (nSPS) is 6.61. The van der Waals surface area contributed by atoms with Gasteiger partial charge >= 0.3 is 31.6 Å². The van der Waals surface area contributed by atoms with Crippen LogP contribution in [0, 0.1) is 45.3 Å². The summed E-state index contributed by atoms with van der Waals surface area (Å²) in [5, 5.41) is 29.3. The van der Waals surface area contributed by atoms with Crippen molar-refractivity contribution in [3.05, 3.63) is 0 Å². The van der Waals surface area contributed by atoms with E-state index < -0.39 is 14.5 Å². The van der Waals surface area contributed by atoms with Crippen LogP contribution in [0.4, 0.5) is 34.5 Å². The van der Waals surface area contributed by atoms with E-state index >= 15 is 0 Å². The number of nitriles is 4. The largest absolute Gasteiger partial charge is 2.00 e. The maximum absolute atomic E-state index is 9.75. The molecule has 0 aliphatic rings. The predicted molar refractivity (Wildman–Crippen MR) is 65.5 cm³/mol. The minimum Gasteiger partial charge on any atom is -0.418 e. The molecule has 15 heteroatoms. The van der Waals surface area contributed by atoms with Crippen LogP contribution in [-0.4, -0.2) is 14.5 Å². The van der Waals surface area contributed by atoms with Gasteiger partial charge in [-0.05, 0) is 0 Å². The minimum atomic E-state index is -6.00. The zero-order chi connectivity index (χ0) is 19.8. The standard InChI is InChI=1S/4C2H3N.2BF4.Cu/c4*1-2-3;2*2-1(3,4)5;/h4*1H3;;;/q;;;;2*-1;+2. The number of nitrogens with zero attached hydrogens (tertiary/aromatic N) is 4. The van der Waals surface area contributed by atoms with Crippen LogP contribution in [0.3, 0.4) is 0 Å². The minimum absolute atomic E-state index is 0. The zero-order valence-electron chi connectivity index (χ0n) is 12.3. The van der Waals surface area contributed by atoms with E-state index in [2.05, 4.69) is 0 Å². The van der Waals surface area contributed by atoms with Gasteiger partial charge in [0.25, 0.3) is 0 Å². The molecule has 0 aromatic rings. The SMILES string of the molecule is CC#N.CC#N.CC#N.CC#N.F[B-](F)(F)F.F[B-](F)(F)F.[Cu+2]. The topological polar surface area (TPSA) is 95.2 Å². The second-order valence-electron chi connectivity index (χ2n) is 1.88. The van der Waals surface area contributed by atoms with Crippen LogP contribution in [0.2, 0.25) is 0 Å². The Labute approximate surface area is 140 Å². The number of hydrogen-bond donors (Lipinski definition) is 0. The van der Waals surface area contributed by atoms with Crippen molar-refractivity contribution in [3.8, 4) is 24.3 Å². The van der Waals surface area contributed by atoms with Crippen LogP contribution in [0.1, 0.15) is 27.7 Å². The summed E-state index contributed by atoms with van der Waals surface area (Å²) in [6.07, 6.45) is 0. The molecule has 0 aliphatic heterocycles. The zero-order valence-corrected chi connectivity index (χ0v) is 13.2. The van der Waals surface area contributed by atoms with Gasteiger partial charge in [0.05, 0.1) is 24.3 Å². The van der Waals surface area contributed by atoms with Gasteiger partial charge in [0.15, 0.2) is 0 Å². The van der Waals surface area contributed by atoms with Gasteiger partial charge in [-0.2, -0.15) is 21.0 Å². The predicted octanol–water partition coefficient (Wildman–Crippen LogP) is 4.72. The fraction of sp³-hybridized carbons (Fsp3) is 0.500. The first-order valence-corrected chi connectivity index (χ1v) is 4.64. The van der Waals surface area contributed by atoms with Crippen molar-refractivity contribution in [2.45, 2.75) is 27.7 Å². The monoisotopic (exact) mass is 401 g/mol. The van der Waals surface area contributed by atoms with Gasteiger partial charge in [-0.25, -0.2) is 0 Å². The third-order valence-corrected chi connectivity index (χ3v) is 0. The second-order valence-corrected chi connectivity index (χ2v) is 1.88. The van der Waals surface area contributed by atoms with Crippen LogP contribution in [0.5, 0.6) is 0 Å². The molecule has 0 aliphatic carbocycles. The average Bonchev–Trinajstić information content (AvgIpc) is 2.15. The van der Waals surface area contributed by atoms with Gasteiger partial charge in [-0.15, -0.1) is 0 Å². The van der Waals surface area contributed by atoms with Crippen molar-refractivity contribution in [1.82, 2.24) is 0 Å². The molecule has 0 N–H and O–H groups in total. The van der Waals surface area contributed by atoms with E-state index in [9.17, 15) is 34.5 Å². The van der Waals surface area contributed by atoms with Gasteiger partial charge in [-0.1, -0.05) is 0 Å². The van der Waals surface area contributed by atoms with Gasteiger partial charge in [0, 0.05) is 27.7 Å². The molecular weight excluding hydrogens is 389 g/mol. The molecule has 137 valence electrons. The number of hydrogen-bond acceptors (Lipinski definition) is 4. The van der Waals surface area contributed by atoms with E-state index in [4.69, 9.17) is 21.0 Å². The van der Waals surface area contributed by atoms with E-state index in [-0.39, 0.29) is 17.1 Å². The van der Waals surface area contributed by atoms with Crippen molar-refractivity contribution in [2.24, 2.45) is 0 Å².